The van der Waals surface area contributed by atoms with Crippen molar-refractivity contribution >= 4 is 29.1 Å². The molecule has 0 heterocycles. The lowest BCUT2D eigenvalue weighted by molar-refractivity contribution is -0.134. The summed E-state index contributed by atoms with van der Waals surface area (Å²) in [7, 11) is 0. The molecule has 1 aliphatic carbocycles. The van der Waals surface area contributed by atoms with Crippen molar-refractivity contribution in [1.82, 2.24) is 0 Å². The van der Waals surface area contributed by atoms with Gasteiger partial charge < -0.3 is 11.5 Å². The molecule has 0 spiro atoms. The summed E-state index contributed by atoms with van der Waals surface area (Å²) >= 11 is 12.1. The third-order valence-electron chi connectivity index (χ3n) is 3.65. The Labute approximate surface area is 110 Å². The second kappa shape index (κ2) is 4.48. The average molecular weight is 273 g/mol. The molecule has 1 aromatic carbocycles. The lowest BCUT2D eigenvalue weighted by Gasteiger charge is -2.43. The van der Waals surface area contributed by atoms with Crippen molar-refractivity contribution in [2.24, 2.45) is 16.9 Å². The Balaban J connectivity index is 2.40. The second-order valence-electron chi connectivity index (χ2n) is 4.49. The van der Waals surface area contributed by atoms with Gasteiger partial charge in [-0.3, -0.25) is 4.79 Å². The number of hydrogen-bond donors (Lipinski definition) is 2. The zero-order chi connectivity index (χ0) is 12.6. The highest BCUT2D eigenvalue weighted by atomic mass is 35.5. The minimum atomic E-state index is -0.658. The smallest absolute Gasteiger partial charge is 0.225 e. The van der Waals surface area contributed by atoms with Crippen LogP contribution in [0.2, 0.25) is 10.0 Å². The van der Waals surface area contributed by atoms with Crippen LogP contribution in [-0.4, -0.2) is 5.91 Å². The van der Waals surface area contributed by atoms with E-state index in [9.17, 15) is 4.79 Å². The quantitative estimate of drug-likeness (QED) is 0.888. The van der Waals surface area contributed by atoms with Gasteiger partial charge in [-0.25, -0.2) is 0 Å². The number of carbonyl (C=O) groups is 1. The molecule has 1 atom stereocenters. The van der Waals surface area contributed by atoms with Gasteiger partial charge in [-0.2, -0.15) is 0 Å². The predicted octanol–water partition coefficient (Wildman–Crippen LogP) is 2.65. The van der Waals surface area contributed by atoms with Crippen molar-refractivity contribution in [1.29, 1.82) is 0 Å². The number of carbonyl (C=O) groups excluding carboxylic acids is 1. The third kappa shape index (κ3) is 1.92. The van der Waals surface area contributed by atoms with Crippen LogP contribution >= 0.6 is 23.2 Å². The van der Waals surface area contributed by atoms with Crippen LogP contribution in [0, 0.1) is 5.41 Å². The zero-order valence-corrected chi connectivity index (χ0v) is 10.8. The molecule has 0 aliphatic heterocycles. The number of benzene rings is 1. The minimum absolute atomic E-state index is 0.354. The molecule has 1 unspecified atom stereocenters. The highest BCUT2D eigenvalue weighted by molar-refractivity contribution is 6.42. The van der Waals surface area contributed by atoms with E-state index in [1.165, 1.54) is 0 Å². The Morgan fingerprint density at radius 3 is 2.47 bits per heavy atom. The molecule has 0 radical (unpaired) electrons. The van der Waals surface area contributed by atoms with E-state index in [2.05, 4.69) is 0 Å². The number of halogens is 2. The Bertz CT molecular complexity index is 458. The van der Waals surface area contributed by atoms with Gasteiger partial charge in [0.2, 0.25) is 5.91 Å². The van der Waals surface area contributed by atoms with Gasteiger partial charge in [0.15, 0.2) is 0 Å². The molecular weight excluding hydrogens is 259 g/mol. The Morgan fingerprint density at radius 1 is 1.35 bits per heavy atom. The number of primary amides is 1. The van der Waals surface area contributed by atoms with Crippen LogP contribution in [0.5, 0.6) is 0 Å². The first-order valence-corrected chi connectivity index (χ1v) is 6.24. The summed E-state index contributed by atoms with van der Waals surface area (Å²) in [5, 5.41) is 0.854. The van der Waals surface area contributed by atoms with Crippen molar-refractivity contribution in [3.63, 3.8) is 0 Å². The summed E-state index contributed by atoms with van der Waals surface area (Å²) in [6.07, 6.45) is 2.40. The fourth-order valence-electron chi connectivity index (χ4n) is 2.33. The lowest BCUT2D eigenvalue weighted by atomic mass is 9.62. The topological polar surface area (TPSA) is 69.1 Å². The number of rotatable bonds is 3. The van der Waals surface area contributed by atoms with E-state index in [-0.39, 0.29) is 5.91 Å². The fraction of sp³-hybridized carbons (Fsp3) is 0.417. The Morgan fingerprint density at radius 2 is 2.00 bits per heavy atom. The molecule has 1 aliphatic rings. The third-order valence-corrected chi connectivity index (χ3v) is 4.48. The molecule has 17 heavy (non-hydrogen) atoms. The summed E-state index contributed by atoms with van der Waals surface area (Å²) in [5.41, 5.74) is 11.7. The van der Waals surface area contributed by atoms with Crippen molar-refractivity contribution in [2.75, 3.05) is 0 Å². The van der Waals surface area contributed by atoms with Crippen molar-refractivity contribution in [3.05, 3.63) is 33.8 Å². The van der Waals surface area contributed by atoms with Crippen LogP contribution < -0.4 is 11.5 Å². The van der Waals surface area contributed by atoms with Gasteiger partial charge >= 0.3 is 0 Å². The molecule has 1 aromatic rings. The maximum absolute atomic E-state index is 11.6. The van der Waals surface area contributed by atoms with E-state index in [0.717, 1.165) is 6.42 Å². The van der Waals surface area contributed by atoms with Crippen molar-refractivity contribution in [2.45, 2.75) is 25.3 Å². The van der Waals surface area contributed by atoms with Crippen LogP contribution in [-0.2, 0) is 4.79 Å². The molecule has 3 nitrogen and oxygen atoms in total. The summed E-state index contributed by atoms with van der Waals surface area (Å²) in [6.45, 7) is 0. The molecule has 1 fully saturated rings. The maximum Gasteiger partial charge on any atom is 0.225 e. The van der Waals surface area contributed by atoms with Crippen LogP contribution in [0.4, 0.5) is 0 Å². The Hall–Kier alpha value is -0.770. The van der Waals surface area contributed by atoms with Crippen LogP contribution in [0.25, 0.3) is 0 Å². The van der Waals surface area contributed by atoms with Crippen LogP contribution in [0.3, 0.4) is 0 Å². The maximum atomic E-state index is 11.6. The monoisotopic (exact) mass is 272 g/mol. The van der Waals surface area contributed by atoms with E-state index in [1.54, 1.807) is 18.2 Å². The normalized spacial score (nSPS) is 19.5. The SMILES string of the molecule is NC(=O)C1(C(N)c2cccc(Cl)c2Cl)CCC1. The number of amides is 1. The molecule has 1 amide bonds. The van der Waals surface area contributed by atoms with E-state index in [4.69, 9.17) is 34.7 Å². The first-order valence-electron chi connectivity index (χ1n) is 5.48. The molecule has 5 heteroatoms. The molecule has 0 bridgehead atoms. The van der Waals surface area contributed by atoms with Crippen molar-refractivity contribution < 1.29 is 4.79 Å². The van der Waals surface area contributed by atoms with E-state index in [0.29, 0.717) is 28.5 Å². The summed E-state index contributed by atoms with van der Waals surface area (Å²) in [5.74, 6) is -0.354. The first kappa shape index (κ1) is 12.7. The molecule has 0 saturated heterocycles. The lowest BCUT2D eigenvalue weighted by Crippen LogP contribution is -2.50. The van der Waals surface area contributed by atoms with Crippen molar-refractivity contribution in [3.8, 4) is 0 Å². The van der Waals surface area contributed by atoms with Crippen LogP contribution in [0.1, 0.15) is 30.9 Å². The molecule has 4 N–H and O–H groups in total. The zero-order valence-electron chi connectivity index (χ0n) is 9.25. The Kier molecular flexibility index (Phi) is 3.34. The summed E-state index contributed by atoms with van der Waals surface area (Å²) in [4.78, 5) is 11.6. The van der Waals surface area contributed by atoms with Crippen LogP contribution in [0.15, 0.2) is 18.2 Å². The van der Waals surface area contributed by atoms with Gasteiger partial charge in [-0.1, -0.05) is 41.8 Å². The molecule has 0 aromatic heterocycles. The molecule has 92 valence electrons. The summed E-state index contributed by atoms with van der Waals surface area (Å²) < 4.78 is 0. The number of hydrogen-bond acceptors (Lipinski definition) is 2. The van der Waals surface area contributed by atoms with Gasteiger partial charge in [0.05, 0.1) is 15.5 Å². The second-order valence-corrected chi connectivity index (χ2v) is 5.28. The fourth-order valence-corrected chi connectivity index (χ4v) is 2.75. The summed E-state index contributed by atoms with van der Waals surface area (Å²) in [6, 6.07) is 4.77. The van der Waals surface area contributed by atoms with E-state index >= 15 is 0 Å². The predicted molar refractivity (Wildman–Crippen MR) is 68.9 cm³/mol. The highest BCUT2D eigenvalue weighted by Crippen LogP contribution is 2.50. The molecule has 1 saturated carbocycles. The standard InChI is InChI=1S/C12H14Cl2N2O/c13-8-4-1-3-7(9(8)14)10(15)12(11(16)17)5-2-6-12/h1,3-4,10H,2,5-6,15H2,(H2,16,17). The van der Waals surface area contributed by atoms with Gasteiger partial charge in [-0.05, 0) is 24.5 Å². The molecular formula is C12H14Cl2N2O. The average Bonchev–Trinajstić information content (AvgIpc) is 2.19. The van der Waals surface area contributed by atoms with Gasteiger partial charge in [0.1, 0.15) is 0 Å². The van der Waals surface area contributed by atoms with E-state index < -0.39 is 11.5 Å². The van der Waals surface area contributed by atoms with Gasteiger partial charge in [-0.15, -0.1) is 0 Å². The molecule has 2 rings (SSSR count). The highest BCUT2D eigenvalue weighted by Gasteiger charge is 2.48. The first-order chi connectivity index (χ1) is 7.99. The largest absolute Gasteiger partial charge is 0.369 e. The number of nitrogens with two attached hydrogens (primary N) is 2. The van der Waals surface area contributed by atoms with Gasteiger partial charge in [0.25, 0.3) is 0 Å². The minimum Gasteiger partial charge on any atom is -0.369 e. The van der Waals surface area contributed by atoms with Gasteiger partial charge in [0, 0.05) is 6.04 Å². The van der Waals surface area contributed by atoms with E-state index in [1.807, 2.05) is 0 Å².